The Morgan fingerprint density at radius 3 is 2.06 bits per heavy atom. The first-order valence-corrected chi connectivity index (χ1v) is 17.2. The fraction of sp³-hybridized carbons (Fsp3) is 0.351. The van der Waals surface area contributed by atoms with Gasteiger partial charge in [-0.05, 0) is 48.5 Å². The summed E-state index contributed by atoms with van der Waals surface area (Å²) < 4.78 is 17.5. The molecule has 2 fully saturated rings. The van der Waals surface area contributed by atoms with Crippen LogP contribution >= 0.6 is 23.2 Å². The van der Waals surface area contributed by atoms with Crippen LogP contribution in [0.4, 0.5) is 0 Å². The largest absolute Gasteiger partial charge is 0.495 e. The standard InChI is InChI=1S/C24H21ClN6O3.C13H15ClN2O/c1-26-24(16-5-6-18(25)19(14-16)33-2)7-11-30(12-8-24)20(32)15-31-22-17(4-3-9-27-22)21(29-31)23-28-10-13-34-23;1-15-13(5-7-16-8-6-13)10-3-4-11(14)12(9-10)17-2/h3-6,9-10,13-14H,7-8,11-12,15H2,2H3;3-4,9,16H,5-8H2,2H3. The molecule has 0 atom stereocenters. The Labute approximate surface area is 305 Å². The number of piperidine rings is 2. The van der Waals surface area contributed by atoms with Crippen molar-refractivity contribution in [3.8, 4) is 23.1 Å². The zero-order chi connectivity index (χ0) is 36.0. The van der Waals surface area contributed by atoms with E-state index in [-0.39, 0.29) is 12.5 Å². The van der Waals surface area contributed by atoms with E-state index in [9.17, 15) is 4.79 Å². The zero-order valence-corrected chi connectivity index (χ0v) is 29.7. The van der Waals surface area contributed by atoms with Crippen molar-refractivity contribution in [2.75, 3.05) is 40.4 Å². The third-order valence-corrected chi connectivity index (χ3v) is 10.2. The quantitative estimate of drug-likeness (QED) is 0.178. The normalized spacial score (nSPS) is 16.3. The number of benzene rings is 2. The van der Waals surface area contributed by atoms with Crippen molar-refractivity contribution in [3.63, 3.8) is 0 Å². The fourth-order valence-corrected chi connectivity index (χ4v) is 7.03. The maximum Gasteiger partial charge on any atom is 0.261 e. The number of oxazole rings is 1. The second-order valence-electron chi connectivity index (χ2n) is 12.3. The molecule has 5 aromatic rings. The summed E-state index contributed by atoms with van der Waals surface area (Å²) in [5.74, 6) is 1.48. The van der Waals surface area contributed by atoms with Gasteiger partial charge in [-0.25, -0.2) is 27.8 Å². The highest BCUT2D eigenvalue weighted by Crippen LogP contribution is 2.41. The first-order valence-electron chi connectivity index (χ1n) is 16.4. The molecule has 51 heavy (non-hydrogen) atoms. The van der Waals surface area contributed by atoms with E-state index in [1.807, 2.05) is 42.5 Å². The van der Waals surface area contributed by atoms with Crippen LogP contribution in [0.5, 0.6) is 11.5 Å². The molecule has 0 radical (unpaired) electrons. The van der Waals surface area contributed by atoms with Gasteiger partial charge in [0.15, 0.2) is 11.3 Å². The molecule has 2 aliphatic heterocycles. The SMILES string of the molecule is [C-]#[N+]C1(c2ccc(Cl)c(OC)c2)CCN(C(=O)Cn2nc(-c3ncco3)c3cccnc32)CC1.[C-]#[N+]C1(c2ccc(Cl)c(OC)c2)CCNCC1. The number of carbonyl (C=O) groups is 1. The number of amides is 1. The highest BCUT2D eigenvalue weighted by molar-refractivity contribution is 6.32. The molecular formula is C37H36Cl2N8O4. The van der Waals surface area contributed by atoms with E-state index in [1.54, 1.807) is 42.3 Å². The second kappa shape index (κ2) is 15.4. The van der Waals surface area contributed by atoms with E-state index in [0.717, 1.165) is 42.4 Å². The van der Waals surface area contributed by atoms with Gasteiger partial charge in [-0.2, -0.15) is 5.10 Å². The van der Waals surface area contributed by atoms with Crippen LogP contribution in [0.25, 0.3) is 32.3 Å². The van der Waals surface area contributed by atoms with Crippen LogP contribution in [-0.4, -0.2) is 71.0 Å². The fourth-order valence-electron chi connectivity index (χ4n) is 6.64. The van der Waals surface area contributed by atoms with Gasteiger partial charge in [-0.3, -0.25) is 4.79 Å². The predicted molar refractivity (Wildman–Crippen MR) is 194 cm³/mol. The summed E-state index contributed by atoms with van der Waals surface area (Å²) in [6.07, 6.45) is 7.41. The van der Waals surface area contributed by atoms with Gasteiger partial charge in [-0.1, -0.05) is 23.2 Å². The van der Waals surface area contributed by atoms with Crippen molar-refractivity contribution in [2.45, 2.75) is 43.3 Å². The minimum Gasteiger partial charge on any atom is -0.495 e. The smallest absolute Gasteiger partial charge is 0.261 e. The summed E-state index contributed by atoms with van der Waals surface area (Å²) in [5.41, 5.74) is 1.87. The van der Waals surface area contributed by atoms with Crippen molar-refractivity contribution in [1.82, 2.24) is 30.0 Å². The van der Waals surface area contributed by atoms with Crippen molar-refractivity contribution >= 4 is 40.1 Å². The third kappa shape index (κ3) is 7.22. The summed E-state index contributed by atoms with van der Waals surface area (Å²) in [6.45, 7) is 18.1. The Bertz CT molecular complexity index is 2090. The molecule has 3 aromatic heterocycles. The number of rotatable bonds is 7. The molecule has 12 nitrogen and oxygen atoms in total. The number of nitrogens with one attached hydrogen (secondary N) is 1. The van der Waals surface area contributed by atoms with Gasteiger partial charge in [0.05, 0.1) is 35.8 Å². The Hall–Kier alpha value is -5.14. The molecule has 2 aromatic carbocycles. The Balaban J connectivity index is 0.000000221. The summed E-state index contributed by atoms with van der Waals surface area (Å²) >= 11 is 12.2. The zero-order valence-electron chi connectivity index (χ0n) is 28.2. The molecule has 0 spiro atoms. The van der Waals surface area contributed by atoms with Crippen LogP contribution in [0.2, 0.25) is 10.0 Å². The van der Waals surface area contributed by atoms with E-state index < -0.39 is 11.1 Å². The molecule has 262 valence electrons. The summed E-state index contributed by atoms with van der Waals surface area (Å²) in [7, 11) is 3.15. The van der Waals surface area contributed by atoms with E-state index in [0.29, 0.717) is 64.7 Å². The molecule has 0 saturated carbocycles. The van der Waals surface area contributed by atoms with Crippen LogP contribution in [0.3, 0.4) is 0 Å². The Morgan fingerprint density at radius 1 is 0.902 bits per heavy atom. The molecule has 2 aliphatic rings. The number of fused-ring (bicyclic) bond motifs is 1. The minimum atomic E-state index is -0.716. The molecule has 5 heterocycles. The molecule has 2 saturated heterocycles. The number of nitrogens with zero attached hydrogens (tertiary/aromatic N) is 7. The van der Waals surface area contributed by atoms with Crippen molar-refractivity contribution in [3.05, 3.63) is 111 Å². The lowest BCUT2D eigenvalue weighted by atomic mass is 9.81. The molecule has 1 N–H and O–H groups in total. The minimum absolute atomic E-state index is 0.0357. The van der Waals surface area contributed by atoms with Crippen molar-refractivity contribution in [2.24, 2.45) is 0 Å². The van der Waals surface area contributed by atoms with Gasteiger partial charge in [0.25, 0.3) is 11.1 Å². The van der Waals surface area contributed by atoms with Crippen molar-refractivity contribution < 1.29 is 18.7 Å². The van der Waals surface area contributed by atoms with E-state index >= 15 is 0 Å². The number of hydrogen-bond donors (Lipinski definition) is 1. The number of aromatic nitrogens is 4. The van der Waals surface area contributed by atoms with Crippen molar-refractivity contribution in [1.29, 1.82) is 0 Å². The molecule has 7 rings (SSSR count). The topological polar surface area (TPSA) is 116 Å². The van der Waals surface area contributed by atoms with Gasteiger partial charge in [0.1, 0.15) is 24.3 Å². The number of hydrogen-bond acceptors (Lipinski definition) is 8. The molecule has 14 heteroatoms. The molecule has 0 unspecified atom stereocenters. The first kappa shape index (κ1) is 35.7. The van der Waals surface area contributed by atoms with Crippen LogP contribution in [-0.2, 0) is 22.4 Å². The van der Waals surface area contributed by atoms with Crippen LogP contribution < -0.4 is 14.8 Å². The summed E-state index contributed by atoms with van der Waals surface area (Å²) in [5, 5.41) is 9.70. The average Bonchev–Trinajstić information content (AvgIpc) is 3.84. The molecular weight excluding hydrogens is 691 g/mol. The summed E-state index contributed by atoms with van der Waals surface area (Å²) in [4.78, 5) is 31.4. The lowest BCUT2D eigenvalue weighted by Gasteiger charge is -2.34. The third-order valence-electron chi connectivity index (χ3n) is 9.61. The van der Waals surface area contributed by atoms with Crippen LogP contribution in [0.1, 0.15) is 36.8 Å². The van der Waals surface area contributed by atoms with Gasteiger partial charge in [0, 0.05) is 69.2 Å². The lowest BCUT2D eigenvalue weighted by molar-refractivity contribution is -0.133. The maximum atomic E-state index is 13.2. The Kier molecular flexibility index (Phi) is 10.8. The monoisotopic (exact) mass is 726 g/mol. The number of carbonyl (C=O) groups excluding carboxylic acids is 1. The Morgan fingerprint density at radius 2 is 1.51 bits per heavy atom. The number of halogens is 2. The molecule has 1 amide bonds. The highest BCUT2D eigenvalue weighted by atomic mass is 35.5. The van der Waals surface area contributed by atoms with Crippen LogP contribution in [0, 0.1) is 13.1 Å². The molecule has 0 bridgehead atoms. The number of ether oxygens (including phenoxy) is 2. The maximum absolute atomic E-state index is 13.2. The number of likely N-dealkylation sites (tertiary alicyclic amines) is 1. The number of methoxy groups -OCH3 is 2. The highest BCUT2D eigenvalue weighted by Gasteiger charge is 2.44. The van der Waals surface area contributed by atoms with E-state index in [1.165, 1.54) is 6.26 Å². The average molecular weight is 728 g/mol. The second-order valence-corrected chi connectivity index (χ2v) is 13.1. The molecule has 0 aliphatic carbocycles. The first-order chi connectivity index (χ1) is 24.8. The van der Waals surface area contributed by atoms with E-state index in [4.69, 9.17) is 50.2 Å². The van der Waals surface area contributed by atoms with Gasteiger partial charge in [0.2, 0.25) is 11.8 Å². The predicted octanol–water partition coefficient (Wildman–Crippen LogP) is 7.03. The van der Waals surface area contributed by atoms with Crippen LogP contribution in [0.15, 0.2) is 71.6 Å². The van der Waals surface area contributed by atoms with Gasteiger partial charge >= 0.3 is 0 Å². The number of pyridine rings is 1. The van der Waals surface area contributed by atoms with Gasteiger partial charge < -0.3 is 33.8 Å². The van der Waals surface area contributed by atoms with E-state index in [2.05, 4.69) is 30.1 Å². The lowest BCUT2D eigenvalue weighted by Crippen LogP contribution is -2.45. The van der Waals surface area contributed by atoms with Gasteiger partial charge in [-0.15, -0.1) is 0 Å². The summed E-state index contributed by atoms with van der Waals surface area (Å²) in [6, 6.07) is 14.8.